The highest BCUT2D eigenvalue weighted by Gasteiger charge is 2.22. The number of nitrogens with one attached hydrogen (secondary N) is 1. The standard InChI is InChI=1S/C11H11F2N3O3S/c1-6-2-8(16-19-6)5-15-20(17,18)10-4-7(14)3-9(12)11(10)13/h2-4,15H,5,14H2,1H3. The van der Waals surface area contributed by atoms with Crippen molar-refractivity contribution in [3.05, 3.63) is 41.3 Å². The van der Waals surface area contributed by atoms with Crippen molar-refractivity contribution in [2.24, 2.45) is 0 Å². The second-order valence-electron chi connectivity index (χ2n) is 4.07. The zero-order valence-corrected chi connectivity index (χ0v) is 11.2. The third-order valence-corrected chi connectivity index (χ3v) is 3.83. The van der Waals surface area contributed by atoms with Crippen molar-refractivity contribution < 1.29 is 21.7 Å². The van der Waals surface area contributed by atoms with Crippen molar-refractivity contribution in [3.63, 3.8) is 0 Å². The summed E-state index contributed by atoms with van der Waals surface area (Å²) >= 11 is 0. The van der Waals surface area contributed by atoms with Gasteiger partial charge in [0.05, 0.1) is 12.2 Å². The Morgan fingerprint density at radius 2 is 2.05 bits per heavy atom. The fourth-order valence-corrected chi connectivity index (χ4v) is 2.65. The highest BCUT2D eigenvalue weighted by molar-refractivity contribution is 7.89. The van der Waals surface area contributed by atoms with E-state index < -0.39 is 26.6 Å². The average Bonchev–Trinajstić information content (AvgIpc) is 2.77. The summed E-state index contributed by atoms with van der Waals surface area (Å²) in [6, 6.07) is 3.06. The smallest absolute Gasteiger partial charge is 0.244 e. The maximum atomic E-state index is 13.5. The van der Waals surface area contributed by atoms with Crippen molar-refractivity contribution in [3.8, 4) is 0 Å². The first kappa shape index (κ1) is 14.4. The number of sulfonamides is 1. The minimum Gasteiger partial charge on any atom is -0.399 e. The van der Waals surface area contributed by atoms with Gasteiger partial charge in [-0.3, -0.25) is 0 Å². The molecule has 0 aliphatic carbocycles. The summed E-state index contributed by atoms with van der Waals surface area (Å²) in [7, 11) is -4.25. The van der Waals surface area contributed by atoms with Crippen LogP contribution >= 0.6 is 0 Å². The van der Waals surface area contributed by atoms with Crippen LogP contribution in [0, 0.1) is 18.6 Å². The molecule has 0 bridgehead atoms. The van der Waals surface area contributed by atoms with Crippen LogP contribution in [0.2, 0.25) is 0 Å². The first-order valence-corrected chi connectivity index (χ1v) is 6.94. The molecule has 0 aliphatic heterocycles. The average molecular weight is 303 g/mol. The minimum absolute atomic E-state index is 0.193. The number of benzene rings is 1. The molecule has 0 fully saturated rings. The Labute approximate surface area is 113 Å². The molecule has 0 radical (unpaired) electrons. The first-order valence-electron chi connectivity index (χ1n) is 5.46. The van der Waals surface area contributed by atoms with Crippen molar-refractivity contribution in [2.75, 3.05) is 5.73 Å². The molecule has 3 N–H and O–H groups in total. The van der Waals surface area contributed by atoms with Crippen LogP contribution in [-0.2, 0) is 16.6 Å². The fraction of sp³-hybridized carbons (Fsp3) is 0.182. The third-order valence-electron chi connectivity index (χ3n) is 2.43. The number of nitrogens with zero attached hydrogens (tertiary/aromatic N) is 1. The van der Waals surface area contributed by atoms with Gasteiger partial charge in [-0.25, -0.2) is 21.9 Å². The predicted octanol–water partition coefficient (Wildman–Crippen LogP) is 1.32. The van der Waals surface area contributed by atoms with Gasteiger partial charge in [-0.1, -0.05) is 5.16 Å². The number of hydrogen-bond acceptors (Lipinski definition) is 5. The molecule has 2 rings (SSSR count). The lowest BCUT2D eigenvalue weighted by molar-refractivity contribution is 0.390. The van der Waals surface area contributed by atoms with Crippen LogP contribution in [0.15, 0.2) is 27.6 Å². The molecule has 108 valence electrons. The van der Waals surface area contributed by atoms with E-state index >= 15 is 0 Å². The van der Waals surface area contributed by atoms with Crippen LogP contribution in [0.4, 0.5) is 14.5 Å². The molecule has 1 heterocycles. The highest BCUT2D eigenvalue weighted by Crippen LogP contribution is 2.21. The number of rotatable bonds is 4. The molecule has 0 aliphatic rings. The Hall–Kier alpha value is -2.00. The van der Waals surface area contributed by atoms with Crippen LogP contribution < -0.4 is 10.5 Å². The molecular formula is C11H11F2N3O3S. The van der Waals surface area contributed by atoms with Crippen LogP contribution in [0.25, 0.3) is 0 Å². The summed E-state index contributed by atoms with van der Waals surface area (Å²) in [4.78, 5) is -0.852. The quantitative estimate of drug-likeness (QED) is 0.830. The van der Waals surface area contributed by atoms with Crippen molar-refractivity contribution >= 4 is 15.7 Å². The molecule has 1 aromatic carbocycles. The van der Waals surface area contributed by atoms with E-state index in [4.69, 9.17) is 10.3 Å². The minimum atomic E-state index is -4.25. The Kier molecular flexibility index (Phi) is 3.73. The normalized spacial score (nSPS) is 11.8. The molecule has 0 unspecified atom stereocenters. The number of aromatic nitrogens is 1. The molecule has 0 amide bonds. The van der Waals surface area contributed by atoms with Gasteiger partial charge >= 0.3 is 0 Å². The van der Waals surface area contributed by atoms with E-state index in [-0.39, 0.29) is 12.2 Å². The Bertz CT molecular complexity index is 743. The largest absolute Gasteiger partial charge is 0.399 e. The SMILES string of the molecule is Cc1cc(CNS(=O)(=O)c2cc(N)cc(F)c2F)no1. The van der Waals surface area contributed by atoms with Gasteiger partial charge in [0.2, 0.25) is 10.0 Å². The van der Waals surface area contributed by atoms with Crippen LogP contribution in [0.1, 0.15) is 11.5 Å². The second kappa shape index (κ2) is 5.17. The monoisotopic (exact) mass is 303 g/mol. The third kappa shape index (κ3) is 2.94. The summed E-state index contributed by atoms with van der Waals surface area (Å²) in [5.41, 5.74) is 5.43. The van der Waals surface area contributed by atoms with Gasteiger partial charge in [0.25, 0.3) is 0 Å². The number of aryl methyl sites for hydroxylation is 1. The lowest BCUT2D eigenvalue weighted by Crippen LogP contribution is -2.25. The predicted molar refractivity (Wildman–Crippen MR) is 66.0 cm³/mol. The lowest BCUT2D eigenvalue weighted by Gasteiger charge is -2.07. The van der Waals surface area contributed by atoms with Gasteiger partial charge in [0.1, 0.15) is 10.7 Å². The summed E-state index contributed by atoms with van der Waals surface area (Å²) in [5, 5.41) is 3.58. The Morgan fingerprint density at radius 1 is 1.35 bits per heavy atom. The van der Waals surface area contributed by atoms with E-state index in [1.54, 1.807) is 6.92 Å². The van der Waals surface area contributed by atoms with Crippen LogP contribution in [0.3, 0.4) is 0 Å². The molecular weight excluding hydrogens is 292 g/mol. The van der Waals surface area contributed by atoms with Crippen molar-refractivity contribution in [2.45, 2.75) is 18.4 Å². The molecule has 2 aromatic rings. The molecule has 1 aromatic heterocycles. The van der Waals surface area contributed by atoms with Gasteiger partial charge in [0.15, 0.2) is 11.6 Å². The van der Waals surface area contributed by atoms with E-state index in [2.05, 4.69) is 9.88 Å². The van der Waals surface area contributed by atoms with Gasteiger partial charge in [-0.05, 0) is 19.1 Å². The summed E-state index contributed by atoms with van der Waals surface area (Å²) in [6.07, 6.45) is 0. The van der Waals surface area contributed by atoms with Crippen LogP contribution in [0.5, 0.6) is 0 Å². The molecule has 0 spiro atoms. The molecule has 20 heavy (non-hydrogen) atoms. The van der Waals surface area contributed by atoms with E-state index in [9.17, 15) is 17.2 Å². The molecule has 0 saturated carbocycles. The van der Waals surface area contributed by atoms with Gasteiger partial charge < -0.3 is 10.3 Å². The van der Waals surface area contributed by atoms with Crippen molar-refractivity contribution in [1.82, 2.24) is 9.88 Å². The summed E-state index contributed by atoms with van der Waals surface area (Å²) in [5.74, 6) is -2.31. The number of anilines is 1. The number of halogens is 2. The van der Waals surface area contributed by atoms with Gasteiger partial charge in [0, 0.05) is 11.8 Å². The topological polar surface area (TPSA) is 98.2 Å². The van der Waals surface area contributed by atoms with E-state index in [1.807, 2.05) is 0 Å². The zero-order valence-electron chi connectivity index (χ0n) is 10.4. The number of hydrogen-bond donors (Lipinski definition) is 2. The Balaban J connectivity index is 2.27. The second-order valence-corrected chi connectivity index (χ2v) is 5.80. The molecule has 6 nitrogen and oxygen atoms in total. The van der Waals surface area contributed by atoms with E-state index in [1.165, 1.54) is 6.07 Å². The zero-order chi connectivity index (χ0) is 14.9. The molecule has 9 heteroatoms. The van der Waals surface area contributed by atoms with Gasteiger partial charge in [-0.2, -0.15) is 0 Å². The van der Waals surface area contributed by atoms with Crippen LogP contribution in [-0.4, -0.2) is 13.6 Å². The Morgan fingerprint density at radius 3 is 2.65 bits per heavy atom. The first-order chi connectivity index (χ1) is 9.29. The highest BCUT2D eigenvalue weighted by atomic mass is 32.2. The van der Waals surface area contributed by atoms with Crippen molar-refractivity contribution in [1.29, 1.82) is 0 Å². The fourth-order valence-electron chi connectivity index (χ4n) is 1.53. The summed E-state index contributed by atoms with van der Waals surface area (Å²) in [6.45, 7) is 1.42. The maximum Gasteiger partial charge on any atom is 0.244 e. The lowest BCUT2D eigenvalue weighted by atomic mass is 10.3. The maximum absolute atomic E-state index is 13.5. The van der Waals surface area contributed by atoms with E-state index in [0.29, 0.717) is 17.5 Å². The van der Waals surface area contributed by atoms with E-state index in [0.717, 1.165) is 6.07 Å². The molecule has 0 saturated heterocycles. The van der Waals surface area contributed by atoms with Gasteiger partial charge in [-0.15, -0.1) is 0 Å². The summed E-state index contributed by atoms with van der Waals surface area (Å²) < 4.78 is 57.3. The number of nitrogens with two attached hydrogens (primary N) is 1. The number of nitrogen functional groups attached to an aromatic ring is 1. The molecule has 0 atom stereocenters.